The van der Waals surface area contributed by atoms with E-state index in [4.69, 9.17) is 0 Å². The van der Waals surface area contributed by atoms with Crippen LogP contribution < -0.4 is 5.32 Å². The Morgan fingerprint density at radius 3 is 2.37 bits per heavy atom. The van der Waals surface area contributed by atoms with Gasteiger partial charge in [0.1, 0.15) is 0 Å². The summed E-state index contributed by atoms with van der Waals surface area (Å²) in [6, 6.07) is 16.9. The molecule has 0 aliphatic rings. The van der Waals surface area contributed by atoms with E-state index in [2.05, 4.69) is 10.4 Å². The fourth-order valence-electron chi connectivity index (χ4n) is 2.91. The highest BCUT2D eigenvalue weighted by Crippen LogP contribution is 2.16. The number of para-hydroxylation sites is 1. The Kier molecular flexibility index (Phi) is 5.35. The summed E-state index contributed by atoms with van der Waals surface area (Å²) >= 11 is 0. The molecule has 138 valence electrons. The third kappa shape index (κ3) is 3.89. The first kappa shape index (κ1) is 18.4. The second-order valence-corrected chi connectivity index (χ2v) is 6.33. The summed E-state index contributed by atoms with van der Waals surface area (Å²) in [5.41, 5.74) is 3.83. The minimum Gasteiger partial charge on any atom is -0.355 e. The number of rotatable bonds is 5. The maximum atomic E-state index is 12.8. The first-order chi connectivity index (χ1) is 13.0. The third-order valence-corrected chi connectivity index (χ3v) is 4.45. The van der Waals surface area contributed by atoms with Gasteiger partial charge in [0.05, 0.1) is 23.1 Å². The van der Waals surface area contributed by atoms with E-state index < -0.39 is 0 Å². The molecule has 0 fully saturated rings. The van der Waals surface area contributed by atoms with Crippen molar-refractivity contribution in [1.29, 1.82) is 0 Å². The third-order valence-electron chi connectivity index (χ3n) is 4.45. The van der Waals surface area contributed by atoms with Crippen LogP contribution in [0.4, 0.5) is 0 Å². The van der Waals surface area contributed by atoms with Crippen molar-refractivity contribution in [2.45, 2.75) is 13.5 Å². The van der Waals surface area contributed by atoms with E-state index in [1.807, 2.05) is 49.4 Å². The molecular formula is C21H22N4O2. The summed E-state index contributed by atoms with van der Waals surface area (Å²) < 4.78 is 1.76. The minimum absolute atomic E-state index is 0.0925. The van der Waals surface area contributed by atoms with Crippen molar-refractivity contribution in [3.05, 3.63) is 83.2 Å². The Bertz CT molecular complexity index is 946. The van der Waals surface area contributed by atoms with Crippen molar-refractivity contribution in [3.8, 4) is 5.69 Å². The number of carbonyl (C=O) groups excluding carboxylic acids is 2. The molecule has 0 radical (unpaired) electrons. The molecule has 0 atom stereocenters. The van der Waals surface area contributed by atoms with Crippen LogP contribution in [-0.4, -0.2) is 40.6 Å². The summed E-state index contributed by atoms with van der Waals surface area (Å²) in [5, 5.41) is 6.95. The number of carbonyl (C=O) groups is 2. The van der Waals surface area contributed by atoms with Crippen LogP contribution in [0.15, 0.2) is 60.8 Å². The molecule has 1 aromatic heterocycles. The standard InChI is InChI=1S/C21H22N4O2/c1-15-19(13-23-25(15)18-7-5-4-6-8-18)21(27)24(3)14-16-9-11-17(12-10-16)20(26)22-2/h4-13H,14H2,1-3H3,(H,22,26). The number of benzene rings is 2. The van der Waals surface area contributed by atoms with Crippen LogP contribution in [0.1, 0.15) is 32.0 Å². The highest BCUT2D eigenvalue weighted by atomic mass is 16.2. The van der Waals surface area contributed by atoms with Crippen molar-refractivity contribution in [1.82, 2.24) is 20.0 Å². The lowest BCUT2D eigenvalue weighted by Crippen LogP contribution is -2.26. The Balaban J connectivity index is 1.74. The quantitative estimate of drug-likeness (QED) is 0.759. The van der Waals surface area contributed by atoms with Crippen LogP contribution in [0.25, 0.3) is 5.69 Å². The van der Waals surface area contributed by atoms with Gasteiger partial charge in [-0.05, 0) is 36.8 Å². The molecule has 6 heteroatoms. The largest absolute Gasteiger partial charge is 0.355 e. The Hall–Kier alpha value is -3.41. The topological polar surface area (TPSA) is 67.2 Å². The molecule has 6 nitrogen and oxygen atoms in total. The molecule has 1 N–H and O–H groups in total. The fraction of sp³-hybridized carbons (Fsp3) is 0.190. The molecule has 2 aromatic carbocycles. The molecule has 0 bridgehead atoms. The summed E-state index contributed by atoms with van der Waals surface area (Å²) in [4.78, 5) is 26.1. The number of hydrogen-bond acceptors (Lipinski definition) is 3. The van der Waals surface area contributed by atoms with Crippen LogP contribution in [0.2, 0.25) is 0 Å². The van der Waals surface area contributed by atoms with E-state index in [1.165, 1.54) is 0 Å². The Labute approximate surface area is 158 Å². The van der Waals surface area contributed by atoms with Gasteiger partial charge in [0.15, 0.2) is 0 Å². The average Bonchev–Trinajstić information content (AvgIpc) is 3.09. The van der Waals surface area contributed by atoms with Gasteiger partial charge in [-0.3, -0.25) is 9.59 Å². The summed E-state index contributed by atoms with van der Waals surface area (Å²) in [5.74, 6) is -0.222. The molecule has 0 saturated heterocycles. The van der Waals surface area contributed by atoms with Crippen molar-refractivity contribution in [3.63, 3.8) is 0 Å². The van der Waals surface area contributed by atoms with E-state index in [9.17, 15) is 9.59 Å². The predicted octanol–water partition coefficient (Wildman–Crippen LogP) is 2.81. The first-order valence-corrected chi connectivity index (χ1v) is 8.67. The highest BCUT2D eigenvalue weighted by Gasteiger charge is 2.19. The second-order valence-electron chi connectivity index (χ2n) is 6.33. The van der Waals surface area contributed by atoms with Gasteiger partial charge < -0.3 is 10.2 Å². The zero-order chi connectivity index (χ0) is 19.4. The summed E-state index contributed by atoms with van der Waals surface area (Å²) in [6.07, 6.45) is 1.61. The van der Waals surface area contributed by atoms with Crippen LogP contribution in [0.3, 0.4) is 0 Å². The van der Waals surface area contributed by atoms with Crippen LogP contribution >= 0.6 is 0 Å². The normalized spacial score (nSPS) is 10.5. The van der Waals surface area contributed by atoms with E-state index in [1.54, 1.807) is 42.0 Å². The van der Waals surface area contributed by atoms with Gasteiger partial charge in [-0.1, -0.05) is 30.3 Å². The fourth-order valence-corrected chi connectivity index (χ4v) is 2.91. The van der Waals surface area contributed by atoms with Crippen molar-refractivity contribution in [2.75, 3.05) is 14.1 Å². The summed E-state index contributed by atoms with van der Waals surface area (Å²) in [6.45, 7) is 2.34. The van der Waals surface area contributed by atoms with E-state index in [0.717, 1.165) is 16.9 Å². The van der Waals surface area contributed by atoms with Gasteiger partial charge in [0, 0.05) is 26.2 Å². The predicted molar refractivity (Wildman–Crippen MR) is 104 cm³/mol. The molecule has 0 unspecified atom stereocenters. The lowest BCUT2D eigenvalue weighted by Gasteiger charge is -2.17. The molecule has 0 spiro atoms. The molecule has 3 aromatic rings. The van der Waals surface area contributed by atoms with Gasteiger partial charge >= 0.3 is 0 Å². The van der Waals surface area contributed by atoms with E-state index in [0.29, 0.717) is 17.7 Å². The maximum Gasteiger partial charge on any atom is 0.257 e. The van der Waals surface area contributed by atoms with Gasteiger partial charge in [0.25, 0.3) is 11.8 Å². The molecule has 0 aliphatic carbocycles. The number of aromatic nitrogens is 2. The lowest BCUT2D eigenvalue weighted by molar-refractivity contribution is 0.0784. The first-order valence-electron chi connectivity index (χ1n) is 8.67. The summed E-state index contributed by atoms with van der Waals surface area (Å²) in [7, 11) is 3.36. The van der Waals surface area contributed by atoms with Crippen molar-refractivity contribution >= 4 is 11.8 Å². The van der Waals surface area contributed by atoms with Gasteiger partial charge in [-0.15, -0.1) is 0 Å². The van der Waals surface area contributed by atoms with E-state index >= 15 is 0 Å². The molecular weight excluding hydrogens is 340 g/mol. The van der Waals surface area contributed by atoms with Crippen LogP contribution in [0.5, 0.6) is 0 Å². The maximum absolute atomic E-state index is 12.8. The van der Waals surface area contributed by atoms with E-state index in [-0.39, 0.29) is 11.8 Å². The zero-order valence-corrected chi connectivity index (χ0v) is 15.6. The van der Waals surface area contributed by atoms with Crippen molar-refractivity contribution in [2.24, 2.45) is 0 Å². The molecule has 2 amide bonds. The molecule has 3 rings (SSSR count). The molecule has 0 saturated carbocycles. The second kappa shape index (κ2) is 7.86. The molecule has 27 heavy (non-hydrogen) atoms. The number of nitrogens with one attached hydrogen (secondary N) is 1. The average molecular weight is 362 g/mol. The minimum atomic E-state index is -0.130. The Morgan fingerprint density at radius 1 is 1.07 bits per heavy atom. The van der Waals surface area contributed by atoms with Gasteiger partial charge in [-0.25, -0.2) is 4.68 Å². The highest BCUT2D eigenvalue weighted by molar-refractivity contribution is 5.95. The molecule has 0 aliphatic heterocycles. The monoisotopic (exact) mass is 362 g/mol. The zero-order valence-electron chi connectivity index (χ0n) is 15.6. The smallest absolute Gasteiger partial charge is 0.257 e. The number of hydrogen-bond donors (Lipinski definition) is 1. The van der Waals surface area contributed by atoms with Crippen molar-refractivity contribution < 1.29 is 9.59 Å². The lowest BCUT2D eigenvalue weighted by atomic mass is 10.1. The number of amides is 2. The van der Waals surface area contributed by atoms with Gasteiger partial charge in [-0.2, -0.15) is 5.10 Å². The molecule has 1 heterocycles. The van der Waals surface area contributed by atoms with Crippen LogP contribution in [0, 0.1) is 6.92 Å². The van der Waals surface area contributed by atoms with Crippen LogP contribution in [-0.2, 0) is 6.54 Å². The number of nitrogens with zero attached hydrogens (tertiary/aromatic N) is 3. The van der Waals surface area contributed by atoms with Gasteiger partial charge in [0.2, 0.25) is 0 Å². The Morgan fingerprint density at radius 2 is 1.74 bits per heavy atom. The SMILES string of the molecule is CNC(=O)c1ccc(CN(C)C(=O)c2cnn(-c3ccccc3)c2C)cc1.